The van der Waals surface area contributed by atoms with Crippen molar-refractivity contribution in [2.75, 3.05) is 17.7 Å². The van der Waals surface area contributed by atoms with Crippen LogP contribution in [0.5, 0.6) is 5.75 Å². The summed E-state index contributed by atoms with van der Waals surface area (Å²) in [6.45, 7) is 0. The normalized spacial score (nSPS) is 11.3. The molecule has 0 heterocycles. The zero-order chi connectivity index (χ0) is 26.2. The molecule has 0 saturated heterocycles. The van der Waals surface area contributed by atoms with E-state index in [1.54, 1.807) is 61.7 Å². The van der Waals surface area contributed by atoms with Crippen LogP contribution < -0.4 is 21.1 Å². The summed E-state index contributed by atoms with van der Waals surface area (Å²) in [7, 11) is 1.55. The van der Waals surface area contributed by atoms with Crippen molar-refractivity contribution in [2.45, 2.75) is 10.1 Å². The minimum absolute atomic E-state index is 0.228. The number of rotatable bonds is 9. The highest BCUT2D eigenvalue weighted by atomic mass is 32.2. The van der Waals surface area contributed by atoms with E-state index in [9.17, 15) is 14.4 Å². The van der Waals surface area contributed by atoms with Crippen LogP contribution in [-0.4, -0.2) is 24.8 Å². The first kappa shape index (κ1) is 25.5. The van der Waals surface area contributed by atoms with Crippen LogP contribution in [0.2, 0.25) is 0 Å². The number of carbonyl (C=O) groups excluding carboxylic acids is 3. The standard InChI is InChI=1S/C29H25N3O4S/c1-36-24-11-5-9-21(17-24)28(34)32-23-10-6-12-25(18-23)37-26(19-7-3-2-4-8-19)29(35)31-22-15-13-20(14-16-22)27(30)33/h2-18,26H,1H3,(H2,30,33)(H,31,35)(H,32,34). The van der Waals surface area contributed by atoms with Crippen LogP contribution in [0.3, 0.4) is 0 Å². The minimum Gasteiger partial charge on any atom is -0.497 e. The number of nitrogens with one attached hydrogen (secondary N) is 2. The fourth-order valence-corrected chi connectivity index (χ4v) is 4.66. The van der Waals surface area contributed by atoms with E-state index in [0.29, 0.717) is 28.3 Å². The summed E-state index contributed by atoms with van der Waals surface area (Å²) in [4.78, 5) is 38.2. The van der Waals surface area contributed by atoms with Gasteiger partial charge in [-0.05, 0) is 66.2 Å². The van der Waals surface area contributed by atoms with Crippen LogP contribution in [0, 0.1) is 0 Å². The maximum atomic E-state index is 13.3. The van der Waals surface area contributed by atoms with Crippen molar-refractivity contribution in [2.24, 2.45) is 5.73 Å². The molecular weight excluding hydrogens is 486 g/mol. The average Bonchev–Trinajstić information content (AvgIpc) is 2.92. The lowest BCUT2D eigenvalue weighted by Crippen LogP contribution is -2.19. The number of anilines is 2. The number of nitrogens with two attached hydrogens (primary N) is 1. The molecule has 0 saturated carbocycles. The molecule has 1 atom stereocenters. The van der Waals surface area contributed by atoms with E-state index in [0.717, 1.165) is 10.5 Å². The molecule has 0 spiro atoms. The first-order chi connectivity index (χ1) is 17.9. The Morgan fingerprint density at radius 2 is 1.49 bits per heavy atom. The van der Waals surface area contributed by atoms with E-state index < -0.39 is 11.2 Å². The fraction of sp³-hybridized carbons (Fsp3) is 0.0690. The highest BCUT2D eigenvalue weighted by Crippen LogP contribution is 2.37. The van der Waals surface area contributed by atoms with Gasteiger partial charge in [-0.2, -0.15) is 0 Å². The van der Waals surface area contributed by atoms with Gasteiger partial charge in [0.2, 0.25) is 11.8 Å². The second-order valence-corrected chi connectivity index (χ2v) is 9.23. The molecule has 4 aromatic carbocycles. The van der Waals surface area contributed by atoms with Crippen LogP contribution in [0.1, 0.15) is 31.5 Å². The summed E-state index contributed by atoms with van der Waals surface area (Å²) in [5, 5.41) is 5.24. The van der Waals surface area contributed by atoms with Gasteiger partial charge in [0, 0.05) is 27.4 Å². The van der Waals surface area contributed by atoms with Crippen molar-refractivity contribution in [3.8, 4) is 5.75 Å². The van der Waals surface area contributed by atoms with Crippen LogP contribution in [0.15, 0.2) is 108 Å². The maximum absolute atomic E-state index is 13.3. The zero-order valence-electron chi connectivity index (χ0n) is 20.0. The summed E-state index contributed by atoms with van der Waals surface area (Å²) in [5.41, 5.74) is 8.12. The monoisotopic (exact) mass is 511 g/mol. The summed E-state index contributed by atoms with van der Waals surface area (Å²) < 4.78 is 5.20. The molecule has 0 aliphatic rings. The Morgan fingerprint density at radius 1 is 0.757 bits per heavy atom. The molecule has 1 unspecified atom stereocenters. The first-order valence-corrected chi connectivity index (χ1v) is 12.3. The molecule has 7 nitrogen and oxygen atoms in total. The SMILES string of the molecule is COc1cccc(C(=O)Nc2cccc(SC(C(=O)Nc3ccc(C(N)=O)cc3)c3ccccc3)c2)c1. The molecule has 8 heteroatoms. The predicted octanol–water partition coefficient (Wildman–Crippen LogP) is 5.52. The van der Waals surface area contributed by atoms with Gasteiger partial charge < -0.3 is 21.1 Å². The first-order valence-electron chi connectivity index (χ1n) is 11.4. The van der Waals surface area contributed by atoms with Crippen molar-refractivity contribution in [3.05, 3.63) is 120 Å². The molecule has 37 heavy (non-hydrogen) atoms. The summed E-state index contributed by atoms with van der Waals surface area (Å²) in [6, 6.07) is 30.1. The van der Waals surface area contributed by atoms with Crippen molar-refractivity contribution < 1.29 is 19.1 Å². The quantitative estimate of drug-likeness (QED) is 0.256. The molecule has 0 bridgehead atoms. The maximum Gasteiger partial charge on any atom is 0.255 e. The Labute approximate surface area is 219 Å². The third-order valence-electron chi connectivity index (χ3n) is 5.46. The van der Waals surface area contributed by atoms with Crippen molar-refractivity contribution >= 4 is 40.9 Å². The summed E-state index contributed by atoms with van der Waals surface area (Å²) >= 11 is 1.36. The lowest BCUT2D eigenvalue weighted by molar-refractivity contribution is -0.115. The molecule has 0 aliphatic carbocycles. The van der Waals surface area contributed by atoms with E-state index in [1.807, 2.05) is 48.5 Å². The van der Waals surface area contributed by atoms with E-state index in [-0.39, 0.29) is 11.8 Å². The number of amides is 3. The molecule has 186 valence electrons. The number of hydrogen-bond acceptors (Lipinski definition) is 5. The Kier molecular flexibility index (Phi) is 8.22. The van der Waals surface area contributed by atoms with E-state index in [4.69, 9.17) is 10.5 Å². The van der Waals surface area contributed by atoms with Crippen LogP contribution in [-0.2, 0) is 4.79 Å². The van der Waals surface area contributed by atoms with Crippen molar-refractivity contribution in [3.63, 3.8) is 0 Å². The summed E-state index contributed by atoms with van der Waals surface area (Å²) in [6.07, 6.45) is 0. The smallest absolute Gasteiger partial charge is 0.255 e. The second kappa shape index (κ2) is 11.9. The molecule has 0 radical (unpaired) electrons. The van der Waals surface area contributed by atoms with E-state index in [1.165, 1.54) is 11.8 Å². The Morgan fingerprint density at radius 3 is 2.19 bits per heavy atom. The third kappa shape index (κ3) is 6.77. The van der Waals surface area contributed by atoms with Gasteiger partial charge in [0.15, 0.2) is 0 Å². The lowest BCUT2D eigenvalue weighted by atomic mass is 10.1. The number of thioether (sulfide) groups is 1. The number of hydrogen-bond donors (Lipinski definition) is 3. The molecule has 4 rings (SSSR count). The molecular formula is C29H25N3O4S. The Hall–Kier alpha value is -4.56. The topological polar surface area (TPSA) is 111 Å². The van der Waals surface area contributed by atoms with E-state index in [2.05, 4.69) is 10.6 Å². The third-order valence-corrected chi connectivity index (χ3v) is 6.70. The van der Waals surface area contributed by atoms with Crippen molar-refractivity contribution in [1.82, 2.24) is 0 Å². The molecule has 4 aromatic rings. The second-order valence-electron chi connectivity index (χ2n) is 8.05. The van der Waals surface area contributed by atoms with Gasteiger partial charge in [-0.25, -0.2) is 0 Å². The molecule has 3 amide bonds. The average molecular weight is 512 g/mol. The van der Waals surface area contributed by atoms with Crippen LogP contribution in [0.25, 0.3) is 0 Å². The van der Waals surface area contributed by atoms with Gasteiger partial charge in [0.05, 0.1) is 7.11 Å². The number of benzene rings is 4. The largest absolute Gasteiger partial charge is 0.497 e. The van der Waals surface area contributed by atoms with Gasteiger partial charge in [-0.15, -0.1) is 11.8 Å². The number of carbonyl (C=O) groups is 3. The number of methoxy groups -OCH3 is 1. The zero-order valence-corrected chi connectivity index (χ0v) is 20.8. The molecule has 4 N–H and O–H groups in total. The highest BCUT2D eigenvalue weighted by Gasteiger charge is 2.22. The Bertz CT molecular complexity index is 1410. The van der Waals surface area contributed by atoms with E-state index >= 15 is 0 Å². The molecule has 0 aliphatic heterocycles. The number of ether oxygens (including phenoxy) is 1. The lowest BCUT2D eigenvalue weighted by Gasteiger charge is -2.18. The Balaban J connectivity index is 1.52. The summed E-state index contributed by atoms with van der Waals surface area (Å²) in [5.74, 6) is -0.432. The van der Waals surface area contributed by atoms with Gasteiger partial charge in [0.25, 0.3) is 5.91 Å². The van der Waals surface area contributed by atoms with Crippen molar-refractivity contribution in [1.29, 1.82) is 0 Å². The predicted molar refractivity (Wildman–Crippen MR) is 146 cm³/mol. The van der Waals surface area contributed by atoms with Gasteiger partial charge in [-0.1, -0.05) is 42.5 Å². The fourth-order valence-electron chi connectivity index (χ4n) is 3.58. The molecule has 0 aromatic heterocycles. The minimum atomic E-state index is -0.568. The highest BCUT2D eigenvalue weighted by molar-refractivity contribution is 8.00. The van der Waals surface area contributed by atoms with Crippen LogP contribution >= 0.6 is 11.8 Å². The van der Waals surface area contributed by atoms with Gasteiger partial charge in [-0.3, -0.25) is 14.4 Å². The van der Waals surface area contributed by atoms with Gasteiger partial charge in [0.1, 0.15) is 11.0 Å². The number of primary amides is 1. The molecule has 0 fully saturated rings. The van der Waals surface area contributed by atoms with Gasteiger partial charge >= 0.3 is 0 Å². The van der Waals surface area contributed by atoms with Crippen LogP contribution in [0.4, 0.5) is 11.4 Å².